The predicted octanol–water partition coefficient (Wildman–Crippen LogP) is 3.23. The Bertz CT molecular complexity index is 1130. The summed E-state index contributed by atoms with van der Waals surface area (Å²) in [6, 6.07) is 11.4. The summed E-state index contributed by atoms with van der Waals surface area (Å²) in [5, 5.41) is 7.24. The average Bonchev–Trinajstić information content (AvgIpc) is 3.33. The molecule has 0 bridgehead atoms. The van der Waals surface area contributed by atoms with Gasteiger partial charge in [0.1, 0.15) is 17.1 Å². The highest BCUT2D eigenvalue weighted by Crippen LogP contribution is 2.21. The molecule has 0 radical (unpaired) electrons. The number of pyridine rings is 1. The Morgan fingerprint density at radius 3 is 2.54 bits per heavy atom. The molecule has 4 aromatic rings. The first kappa shape index (κ1) is 17.8. The summed E-state index contributed by atoms with van der Waals surface area (Å²) in [5.74, 6) is 0.603. The second kappa shape index (κ2) is 7.19. The minimum atomic E-state index is -0.181. The van der Waals surface area contributed by atoms with Gasteiger partial charge in [-0.25, -0.2) is 4.98 Å². The van der Waals surface area contributed by atoms with Crippen molar-refractivity contribution in [3.8, 4) is 16.9 Å². The Hall–Kier alpha value is -3.61. The van der Waals surface area contributed by atoms with Crippen LogP contribution < -0.4 is 10.1 Å². The number of benzene rings is 1. The van der Waals surface area contributed by atoms with Gasteiger partial charge in [0.25, 0.3) is 5.91 Å². The SMILES string of the molecule is COc1ccc([C@@H](C)NC(=O)c2cnc3ccc(-c4cnn(C)c4)cn23)cc1. The zero-order chi connectivity index (χ0) is 19.7. The third kappa shape index (κ3) is 3.34. The number of hydrogen-bond donors (Lipinski definition) is 1. The number of aryl methyl sites for hydroxylation is 1. The normalized spacial score (nSPS) is 12.1. The van der Waals surface area contributed by atoms with Crippen LogP contribution in [-0.4, -0.2) is 32.2 Å². The highest BCUT2D eigenvalue weighted by atomic mass is 16.5. The lowest BCUT2D eigenvalue weighted by Gasteiger charge is -2.14. The van der Waals surface area contributed by atoms with Gasteiger partial charge in [-0.2, -0.15) is 5.10 Å². The number of carbonyl (C=O) groups is 1. The average molecular weight is 375 g/mol. The largest absolute Gasteiger partial charge is 0.497 e. The van der Waals surface area contributed by atoms with Crippen molar-refractivity contribution in [2.75, 3.05) is 7.11 Å². The van der Waals surface area contributed by atoms with Crippen molar-refractivity contribution in [3.63, 3.8) is 0 Å². The summed E-state index contributed by atoms with van der Waals surface area (Å²) in [5.41, 5.74) is 4.15. The van der Waals surface area contributed by atoms with E-state index in [1.165, 1.54) is 0 Å². The van der Waals surface area contributed by atoms with Crippen LogP contribution in [0.2, 0.25) is 0 Å². The van der Waals surface area contributed by atoms with E-state index in [4.69, 9.17) is 4.74 Å². The van der Waals surface area contributed by atoms with E-state index in [0.29, 0.717) is 5.69 Å². The van der Waals surface area contributed by atoms with Gasteiger partial charge in [0.15, 0.2) is 0 Å². The van der Waals surface area contributed by atoms with E-state index in [2.05, 4.69) is 15.4 Å². The van der Waals surface area contributed by atoms with Crippen LogP contribution in [0.1, 0.15) is 29.0 Å². The van der Waals surface area contributed by atoms with Crippen LogP contribution in [0.5, 0.6) is 5.75 Å². The quantitative estimate of drug-likeness (QED) is 0.581. The van der Waals surface area contributed by atoms with Gasteiger partial charge in [0.05, 0.1) is 25.5 Å². The molecule has 0 aliphatic rings. The fourth-order valence-electron chi connectivity index (χ4n) is 3.14. The molecule has 0 spiro atoms. The smallest absolute Gasteiger partial charge is 0.270 e. The van der Waals surface area contributed by atoms with Gasteiger partial charge in [-0.1, -0.05) is 12.1 Å². The van der Waals surface area contributed by atoms with Crippen molar-refractivity contribution in [3.05, 3.63) is 72.4 Å². The first-order chi connectivity index (χ1) is 13.5. The summed E-state index contributed by atoms with van der Waals surface area (Å²) >= 11 is 0. The molecule has 0 fully saturated rings. The van der Waals surface area contributed by atoms with E-state index in [-0.39, 0.29) is 11.9 Å². The Labute approximate surface area is 162 Å². The number of amides is 1. The Balaban J connectivity index is 1.59. The number of fused-ring (bicyclic) bond motifs is 1. The molecule has 0 saturated heterocycles. The topological polar surface area (TPSA) is 73.4 Å². The molecule has 0 aliphatic heterocycles. The molecule has 3 heterocycles. The van der Waals surface area contributed by atoms with E-state index in [0.717, 1.165) is 28.1 Å². The first-order valence-corrected chi connectivity index (χ1v) is 8.96. The van der Waals surface area contributed by atoms with Crippen molar-refractivity contribution in [1.29, 1.82) is 0 Å². The number of imidazole rings is 1. The molecule has 4 rings (SSSR count). The number of carbonyl (C=O) groups excluding carboxylic acids is 1. The zero-order valence-electron chi connectivity index (χ0n) is 16.0. The third-order valence-corrected chi connectivity index (χ3v) is 4.74. The lowest BCUT2D eigenvalue weighted by Crippen LogP contribution is -2.27. The van der Waals surface area contributed by atoms with E-state index < -0.39 is 0 Å². The molecular weight excluding hydrogens is 354 g/mol. The van der Waals surface area contributed by atoms with Crippen LogP contribution in [0.25, 0.3) is 16.8 Å². The van der Waals surface area contributed by atoms with Crippen molar-refractivity contribution < 1.29 is 9.53 Å². The number of hydrogen-bond acceptors (Lipinski definition) is 4. The van der Waals surface area contributed by atoms with Gasteiger partial charge in [0.2, 0.25) is 0 Å². The van der Waals surface area contributed by atoms with Gasteiger partial charge in [-0.3, -0.25) is 13.9 Å². The highest BCUT2D eigenvalue weighted by molar-refractivity contribution is 5.93. The van der Waals surface area contributed by atoms with Crippen molar-refractivity contribution in [1.82, 2.24) is 24.5 Å². The molecule has 7 heteroatoms. The van der Waals surface area contributed by atoms with E-state index in [1.54, 1.807) is 28.6 Å². The summed E-state index contributed by atoms with van der Waals surface area (Å²) in [7, 11) is 3.50. The minimum Gasteiger partial charge on any atom is -0.497 e. The summed E-state index contributed by atoms with van der Waals surface area (Å²) < 4.78 is 8.73. The molecule has 28 heavy (non-hydrogen) atoms. The van der Waals surface area contributed by atoms with Gasteiger partial charge >= 0.3 is 0 Å². The van der Waals surface area contributed by atoms with Crippen LogP contribution in [0.3, 0.4) is 0 Å². The number of nitrogens with one attached hydrogen (secondary N) is 1. The van der Waals surface area contributed by atoms with Crippen LogP contribution in [-0.2, 0) is 7.05 Å². The monoisotopic (exact) mass is 375 g/mol. The summed E-state index contributed by atoms with van der Waals surface area (Å²) in [6.07, 6.45) is 7.23. The maximum absolute atomic E-state index is 12.9. The number of rotatable bonds is 5. The Kier molecular flexibility index (Phi) is 4.57. The van der Waals surface area contributed by atoms with Crippen LogP contribution in [0, 0.1) is 0 Å². The third-order valence-electron chi connectivity index (χ3n) is 4.74. The Morgan fingerprint density at radius 2 is 1.86 bits per heavy atom. The molecule has 142 valence electrons. The summed E-state index contributed by atoms with van der Waals surface area (Å²) in [6.45, 7) is 1.95. The van der Waals surface area contributed by atoms with Crippen LogP contribution in [0.15, 0.2) is 61.2 Å². The second-order valence-corrected chi connectivity index (χ2v) is 6.66. The van der Waals surface area contributed by atoms with Crippen molar-refractivity contribution in [2.45, 2.75) is 13.0 Å². The summed E-state index contributed by atoms with van der Waals surface area (Å²) in [4.78, 5) is 17.2. The van der Waals surface area contributed by atoms with E-state index in [1.807, 2.05) is 62.8 Å². The van der Waals surface area contributed by atoms with Gasteiger partial charge < -0.3 is 10.1 Å². The highest BCUT2D eigenvalue weighted by Gasteiger charge is 2.16. The maximum atomic E-state index is 12.9. The molecule has 0 unspecified atom stereocenters. The molecule has 1 amide bonds. The number of ether oxygens (including phenoxy) is 1. The van der Waals surface area contributed by atoms with Gasteiger partial charge in [0, 0.05) is 30.6 Å². The molecular formula is C21H21N5O2. The molecule has 1 atom stereocenters. The van der Waals surface area contributed by atoms with Crippen LogP contribution >= 0.6 is 0 Å². The predicted molar refractivity (Wildman–Crippen MR) is 106 cm³/mol. The molecule has 7 nitrogen and oxygen atoms in total. The van der Waals surface area contributed by atoms with Gasteiger partial charge in [-0.05, 0) is 36.8 Å². The fraction of sp³-hybridized carbons (Fsp3) is 0.190. The maximum Gasteiger partial charge on any atom is 0.270 e. The van der Waals surface area contributed by atoms with Gasteiger partial charge in [-0.15, -0.1) is 0 Å². The van der Waals surface area contributed by atoms with Crippen molar-refractivity contribution >= 4 is 11.6 Å². The van der Waals surface area contributed by atoms with E-state index in [9.17, 15) is 4.79 Å². The van der Waals surface area contributed by atoms with Crippen molar-refractivity contribution in [2.24, 2.45) is 7.05 Å². The number of methoxy groups -OCH3 is 1. The molecule has 3 aromatic heterocycles. The zero-order valence-corrected chi connectivity index (χ0v) is 16.0. The number of aromatic nitrogens is 4. The Morgan fingerprint density at radius 1 is 1.07 bits per heavy atom. The molecule has 0 saturated carbocycles. The van der Waals surface area contributed by atoms with Crippen LogP contribution in [0.4, 0.5) is 0 Å². The fourth-order valence-corrected chi connectivity index (χ4v) is 3.14. The van der Waals surface area contributed by atoms with E-state index >= 15 is 0 Å². The first-order valence-electron chi connectivity index (χ1n) is 8.96. The standard InChI is InChI=1S/C21H21N5O2/c1-14(15-4-7-18(28-3)8-5-15)24-21(27)19-11-22-20-9-6-16(13-26(19)20)17-10-23-25(2)12-17/h4-14H,1-3H3,(H,24,27)/t14-/m1/s1. The molecule has 1 N–H and O–H groups in total. The molecule has 1 aromatic carbocycles. The molecule has 0 aliphatic carbocycles. The number of nitrogens with zero attached hydrogens (tertiary/aromatic N) is 4. The minimum absolute atomic E-state index is 0.148. The second-order valence-electron chi connectivity index (χ2n) is 6.66. The lowest BCUT2D eigenvalue weighted by atomic mass is 10.1. The lowest BCUT2D eigenvalue weighted by molar-refractivity contribution is 0.0934.